The molecule has 0 radical (unpaired) electrons. The molecular weight excluding hydrogens is 544 g/mol. The van der Waals surface area contributed by atoms with Crippen molar-refractivity contribution in [1.29, 1.82) is 0 Å². The molecule has 1 aliphatic rings. The van der Waals surface area contributed by atoms with Crippen LogP contribution in [0.15, 0.2) is 152 Å². The molecule has 1 N–H and O–H groups in total. The number of nitrogens with zero attached hydrogens (tertiary/aromatic N) is 1. The van der Waals surface area contributed by atoms with Gasteiger partial charge in [-0.05, 0) is 112 Å². The van der Waals surface area contributed by atoms with Gasteiger partial charge in [0.15, 0.2) is 0 Å². The molecule has 210 valence electrons. The van der Waals surface area contributed by atoms with Gasteiger partial charge in [0, 0.05) is 38.3 Å². The summed E-state index contributed by atoms with van der Waals surface area (Å²) in [6.07, 6.45) is 0.982. The van der Waals surface area contributed by atoms with E-state index in [0.717, 1.165) is 6.42 Å². The third-order valence-corrected chi connectivity index (χ3v) is 9.75. The summed E-state index contributed by atoms with van der Waals surface area (Å²) in [4.78, 5) is 3.56. The molecule has 0 bridgehead atoms. The van der Waals surface area contributed by atoms with Crippen LogP contribution in [0.2, 0.25) is 0 Å². The quantitative estimate of drug-likeness (QED) is 0.217. The molecule has 0 spiro atoms. The average Bonchev–Trinajstić information content (AvgIpc) is 3.77. The molecule has 2 aromatic heterocycles. The van der Waals surface area contributed by atoms with Gasteiger partial charge in [-0.15, -0.1) is 0 Å². The van der Waals surface area contributed by atoms with E-state index < -0.39 is 0 Å². The van der Waals surface area contributed by atoms with E-state index in [0.29, 0.717) is 0 Å². The van der Waals surface area contributed by atoms with Crippen molar-refractivity contribution in [2.24, 2.45) is 0 Å². The number of nitrogens with one attached hydrogen (secondary N) is 1. The van der Waals surface area contributed by atoms with Crippen molar-refractivity contribution < 1.29 is 0 Å². The second-order valence-electron chi connectivity index (χ2n) is 12.3. The monoisotopic (exact) mass is 572 g/mol. The molecule has 10 rings (SSSR count). The molecule has 1 aliphatic carbocycles. The summed E-state index contributed by atoms with van der Waals surface area (Å²) in [5.41, 5.74) is 16.5. The van der Waals surface area contributed by atoms with E-state index in [1.165, 1.54) is 93.8 Å². The van der Waals surface area contributed by atoms with E-state index in [-0.39, 0.29) is 0 Å². The zero-order chi connectivity index (χ0) is 29.5. The predicted molar refractivity (Wildman–Crippen MR) is 189 cm³/mol. The lowest BCUT2D eigenvalue weighted by atomic mass is 9.95. The van der Waals surface area contributed by atoms with Gasteiger partial charge < -0.3 is 9.55 Å². The van der Waals surface area contributed by atoms with Crippen LogP contribution in [0.5, 0.6) is 0 Å². The standard InChI is InChI=1S/C43H28N2/c1-2-8-33(9-3-1)45-42-13-7-5-11-35(42)39-26-30(19-21-43(39)45)28-15-17-32-22-31-16-14-27(23-36(31)37(32)24-28)29-18-20-41-38(25-29)34-10-4-6-12-40(34)44-41/h1-21,23-26,44H,22H2. The minimum atomic E-state index is 0.982. The molecule has 0 saturated heterocycles. The van der Waals surface area contributed by atoms with Crippen LogP contribution in [0.4, 0.5) is 0 Å². The summed E-state index contributed by atoms with van der Waals surface area (Å²) in [5, 5.41) is 5.11. The van der Waals surface area contributed by atoms with Crippen LogP contribution in [0.1, 0.15) is 11.1 Å². The smallest absolute Gasteiger partial charge is 0.0541 e. The number of fused-ring (bicyclic) bond motifs is 9. The third kappa shape index (κ3) is 3.69. The van der Waals surface area contributed by atoms with Crippen molar-refractivity contribution in [3.05, 3.63) is 163 Å². The fourth-order valence-corrected chi connectivity index (χ4v) is 7.56. The Labute approximate surface area is 260 Å². The van der Waals surface area contributed by atoms with Crippen molar-refractivity contribution in [3.63, 3.8) is 0 Å². The first kappa shape index (κ1) is 24.6. The molecule has 0 saturated carbocycles. The van der Waals surface area contributed by atoms with Crippen molar-refractivity contribution in [2.75, 3.05) is 0 Å². The highest BCUT2D eigenvalue weighted by Crippen LogP contribution is 2.42. The average molecular weight is 573 g/mol. The lowest BCUT2D eigenvalue weighted by Gasteiger charge is -2.10. The Kier molecular flexibility index (Phi) is 5.09. The topological polar surface area (TPSA) is 20.7 Å². The molecule has 0 fully saturated rings. The molecular formula is C43H28N2. The molecule has 0 unspecified atom stereocenters. The van der Waals surface area contributed by atoms with Crippen molar-refractivity contribution >= 4 is 43.6 Å². The van der Waals surface area contributed by atoms with Gasteiger partial charge in [0.2, 0.25) is 0 Å². The SMILES string of the molecule is c1ccc(-n2c3ccccc3c3cc(-c4ccc5c(c4)-c4cc(-c6ccc7[nH]c8ccccc8c7c6)ccc4C5)ccc32)cc1. The zero-order valence-electron chi connectivity index (χ0n) is 24.6. The number of benzene rings is 7. The Morgan fingerprint density at radius 3 is 1.73 bits per heavy atom. The fourth-order valence-electron chi connectivity index (χ4n) is 7.56. The first-order chi connectivity index (χ1) is 22.3. The summed E-state index contributed by atoms with van der Waals surface area (Å²) in [6, 6.07) is 55.8. The maximum atomic E-state index is 3.56. The zero-order valence-corrected chi connectivity index (χ0v) is 24.6. The van der Waals surface area contributed by atoms with Gasteiger partial charge in [0.1, 0.15) is 0 Å². The minimum Gasteiger partial charge on any atom is -0.355 e. The Bertz CT molecular complexity index is 2620. The molecule has 45 heavy (non-hydrogen) atoms. The Morgan fingerprint density at radius 2 is 0.956 bits per heavy atom. The van der Waals surface area contributed by atoms with Crippen LogP contribution >= 0.6 is 0 Å². The lowest BCUT2D eigenvalue weighted by Crippen LogP contribution is -1.92. The molecule has 2 heterocycles. The number of hydrogen-bond acceptors (Lipinski definition) is 0. The van der Waals surface area contributed by atoms with E-state index in [1.54, 1.807) is 0 Å². The van der Waals surface area contributed by atoms with Gasteiger partial charge >= 0.3 is 0 Å². The van der Waals surface area contributed by atoms with Crippen LogP contribution in [0, 0.1) is 0 Å². The van der Waals surface area contributed by atoms with Crippen molar-refractivity contribution in [2.45, 2.75) is 6.42 Å². The number of aromatic nitrogens is 2. The Balaban J connectivity index is 1.08. The van der Waals surface area contributed by atoms with Gasteiger partial charge in [0.25, 0.3) is 0 Å². The van der Waals surface area contributed by atoms with E-state index in [9.17, 15) is 0 Å². The van der Waals surface area contributed by atoms with E-state index in [2.05, 4.69) is 161 Å². The highest BCUT2D eigenvalue weighted by atomic mass is 15.0. The number of para-hydroxylation sites is 3. The van der Waals surface area contributed by atoms with Crippen LogP contribution in [0.3, 0.4) is 0 Å². The molecule has 7 aromatic carbocycles. The summed E-state index contributed by atoms with van der Waals surface area (Å²) in [6.45, 7) is 0. The molecule has 0 atom stereocenters. The Morgan fingerprint density at radius 1 is 0.400 bits per heavy atom. The van der Waals surface area contributed by atoms with E-state index in [1.807, 2.05) is 0 Å². The van der Waals surface area contributed by atoms with Crippen LogP contribution < -0.4 is 0 Å². The van der Waals surface area contributed by atoms with Gasteiger partial charge in [-0.25, -0.2) is 0 Å². The normalized spacial score (nSPS) is 12.4. The van der Waals surface area contributed by atoms with Gasteiger partial charge in [-0.2, -0.15) is 0 Å². The molecule has 2 heteroatoms. The molecule has 2 nitrogen and oxygen atoms in total. The summed E-state index contributed by atoms with van der Waals surface area (Å²) in [7, 11) is 0. The van der Waals surface area contributed by atoms with E-state index in [4.69, 9.17) is 0 Å². The second-order valence-corrected chi connectivity index (χ2v) is 12.3. The van der Waals surface area contributed by atoms with Crippen molar-refractivity contribution in [1.82, 2.24) is 9.55 Å². The Hall–Kier alpha value is -5.86. The van der Waals surface area contributed by atoms with E-state index >= 15 is 0 Å². The molecule has 9 aromatic rings. The summed E-state index contributed by atoms with van der Waals surface area (Å²) >= 11 is 0. The maximum Gasteiger partial charge on any atom is 0.0541 e. The highest BCUT2D eigenvalue weighted by molar-refractivity contribution is 6.11. The van der Waals surface area contributed by atoms with Crippen molar-refractivity contribution in [3.8, 4) is 39.1 Å². The first-order valence-electron chi connectivity index (χ1n) is 15.6. The minimum absolute atomic E-state index is 0.982. The first-order valence-corrected chi connectivity index (χ1v) is 15.6. The largest absolute Gasteiger partial charge is 0.355 e. The highest BCUT2D eigenvalue weighted by Gasteiger charge is 2.21. The maximum absolute atomic E-state index is 3.56. The number of H-pyrrole nitrogens is 1. The predicted octanol–water partition coefficient (Wildman–Crippen LogP) is 11.3. The third-order valence-electron chi connectivity index (χ3n) is 9.75. The summed E-state index contributed by atoms with van der Waals surface area (Å²) in [5.74, 6) is 0. The summed E-state index contributed by atoms with van der Waals surface area (Å²) < 4.78 is 2.38. The second kappa shape index (κ2) is 9.32. The number of hydrogen-bond donors (Lipinski definition) is 1. The van der Waals surface area contributed by atoms with Gasteiger partial charge in [0.05, 0.1) is 11.0 Å². The lowest BCUT2D eigenvalue weighted by molar-refractivity contribution is 1.18. The fraction of sp³-hybridized carbons (Fsp3) is 0.0233. The number of rotatable bonds is 3. The van der Waals surface area contributed by atoms with Crippen LogP contribution in [-0.4, -0.2) is 9.55 Å². The van der Waals surface area contributed by atoms with Gasteiger partial charge in [-0.1, -0.05) is 91.0 Å². The number of aromatic amines is 1. The van der Waals surface area contributed by atoms with Gasteiger partial charge in [-0.3, -0.25) is 0 Å². The van der Waals surface area contributed by atoms with Crippen LogP contribution in [0.25, 0.3) is 82.7 Å². The molecule has 0 amide bonds. The molecule has 0 aliphatic heterocycles. The van der Waals surface area contributed by atoms with Crippen LogP contribution in [-0.2, 0) is 6.42 Å².